The predicted molar refractivity (Wildman–Crippen MR) is 60.2 cm³/mol. The van der Waals surface area contributed by atoms with Crippen molar-refractivity contribution in [3.63, 3.8) is 0 Å². The summed E-state index contributed by atoms with van der Waals surface area (Å²) in [5.74, 6) is 0. The molecule has 0 aromatic heterocycles. The molecule has 0 heterocycles. The molecule has 0 aliphatic carbocycles. The molecule has 0 atom stereocenters. The maximum absolute atomic E-state index is 9.71. The molecule has 2 nitrogen and oxygen atoms in total. The van der Waals surface area contributed by atoms with Crippen molar-refractivity contribution in [1.29, 1.82) is 0 Å². The fourth-order valence-electron chi connectivity index (χ4n) is 1.30. The SMILES string of the molecule is O=[C]OCCC=CCCc1ccccc1. The molecule has 1 radical (unpaired) electrons. The number of aryl methyl sites for hydroxylation is 1. The van der Waals surface area contributed by atoms with Crippen LogP contribution >= 0.6 is 0 Å². The van der Waals surface area contributed by atoms with Crippen molar-refractivity contribution < 1.29 is 9.53 Å². The molecule has 0 saturated carbocycles. The number of benzene rings is 1. The fraction of sp³-hybridized carbons (Fsp3) is 0.308. The van der Waals surface area contributed by atoms with E-state index in [1.807, 2.05) is 24.3 Å². The monoisotopic (exact) mass is 203 g/mol. The summed E-state index contributed by atoms with van der Waals surface area (Å²) in [6.45, 7) is 1.82. The van der Waals surface area contributed by atoms with Crippen molar-refractivity contribution in [2.75, 3.05) is 6.61 Å². The van der Waals surface area contributed by atoms with Gasteiger partial charge in [0.25, 0.3) is 0 Å². The van der Waals surface area contributed by atoms with Gasteiger partial charge in [0.15, 0.2) is 0 Å². The summed E-state index contributed by atoms with van der Waals surface area (Å²) in [7, 11) is 0. The van der Waals surface area contributed by atoms with Gasteiger partial charge >= 0.3 is 6.47 Å². The number of ether oxygens (including phenoxy) is 1. The Labute approximate surface area is 90.6 Å². The summed E-state index contributed by atoms with van der Waals surface area (Å²) in [6.07, 6.45) is 6.98. The highest BCUT2D eigenvalue weighted by molar-refractivity contribution is 5.38. The topological polar surface area (TPSA) is 26.3 Å². The van der Waals surface area contributed by atoms with Gasteiger partial charge in [0, 0.05) is 0 Å². The van der Waals surface area contributed by atoms with Crippen molar-refractivity contribution in [2.24, 2.45) is 0 Å². The summed E-state index contributed by atoms with van der Waals surface area (Å²) in [5, 5.41) is 0. The van der Waals surface area contributed by atoms with Crippen LogP contribution in [0.2, 0.25) is 0 Å². The second kappa shape index (κ2) is 7.80. The lowest BCUT2D eigenvalue weighted by molar-refractivity contribution is 0.284. The van der Waals surface area contributed by atoms with Crippen LogP contribution in [0.1, 0.15) is 18.4 Å². The molecule has 0 N–H and O–H groups in total. The van der Waals surface area contributed by atoms with Crippen LogP contribution in [0.15, 0.2) is 42.5 Å². The number of carbonyl (C=O) groups excluding carboxylic acids is 1. The maximum atomic E-state index is 9.71. The van der Waals surface area contributed by atoms with E-state index < -0.39 is 0 Å². The number of allylic oxidation sites excluding steroid dienone is 1. The van der Waals surface area contributed by atoms with Crippen LogP contribution in [0.5, 0.6) is 0 Å². The van der Waals surface area contributed by atoms with E-state index in [4.69, 9.17) is 0 Å². The smallest absolute Gasteiger partial charge is 0.417 e. The highest BCUT2D eigenvalue weighted by atomic mass is 16.5. The Morgan fingerprint density at radius 1 is 1.13 bits per heavy atom. The first-order valence-corrected chi connectivity index (χ1v) is 5.11. The third-order valence-electron chi connectivity index (χ3n) is 2.05. The molecule has 79 valence electrons. The molecule has 1 aromatic rings. The Balaban J connectivity index is 2.08. The zero-order valence-electron chi connectivity index (χ0n) is 8.69. The Hall–Kier alpha value is -1.57. The first kappa shape index (κ1) is 11.5. The molecule has 1 rings (SSSR count). The Morgan fingerprint density at radius 3 is 2.60 bits per heavy atom. The third-order valence-corrected chi connectivity index (χ3v) is 2.05. The average Bonchev–Trinajstić information content (AvgIpc) is 2.29. The second-order valence-corrected chi connectivity index (χ2v) is 3.22. The molecule has 0 unspecified atom stereocenters. The minimum Gasteiger partial charge on any atom is -0.457 e. The van der Waals surface area contributed by atoms with Crippen LogP contribution in [0.4, 0.5) is 0 Å². The quantitative estimate of drug-likeness (QED) is 0.503. The lowest BCUT2D eigenvalue weighted by Gasteiger charge is -1.96. The molecule has 2 heteroatoms. The molecule has 0 spiro atoms. The first-order chi connectivity index (χ1) is 7.43. The molecule has 0 aliphatic heterocycles. The Bertz CT molecular complexity index is 291. The van der Waals surface area contributed by atoms with Crippen LogP contribution < -0.4 is 0 Å². The molecular formula is C13H15O2. The summed E-state index contributed by atoms with van der Waals surface area (Å²) < 4.78 is 4.44. The van der Waals surface area contributed by atoms with Crippen LogP contribution in [0.3, 0.4) is 0 Å². The van der Waals surface area contributed by atoms with E-state index in [0.717, 1.165) is 19.3 Å². The lowest BCUT2D eigenvalue weighted by Crippen LogP contribution is -1.88. The highest BCUT2D eigenvalue weighted by Gasteiger charge is 1.88. The van der Waals surface area contributed by atoms with E-state index >= 15 is 0 Å². The normalized spacial score (nSPS) is 10.4. The van der Waals surface area contributed by atoms with Crippen LogP contribution in [-0.4, -0.2) is 13.1 Å². The molecule has 15 heavy (non-hydrogen) atoms. The Kier molecular flexibility index (Phi) is 5.98. The van der Waals surface area contributed by atoms with Crippen molar-refractivity contribution in [2.45, 2.75) is 19.3 Å². The van der Waals surface area contributed by atoms with Gasteiger partial charge in [-0.3, -0.25) is 0 Å². The Morgan fingerprint density at radius 2 is 1.87 bits per heavy atom. The van der Waals surface area contributed by atoms with E-state index in [-0.39, 0.29) is 0 Å². The van der Waals surface area contributed by atoms with Gasteiger partial charge in [-0.25, -0.2) is 4.79 Å². The minimum atomic E-state index is 0.422. The van der Waals surface area contributed by atoms with Gasteiger partial charge in [0.05, 0.1) is 6.61 Å². The zero-order chi connectivity index (χ0) is 10.8. The van der Waals surface area contributed by atoms with Gasteiger partial charge in [-0.2, -0.15) is 0 Å². The number of hydrogen-bond donors (Lipinski definition) is 0. The van der Waals surface area contributed by atoms with Crippen molar-refractivity contribution in [3.8, 4) is 0 Å². The maximum Gasteiger partial charge on any atom is 0.417 e. The van der Waals surface area contributed by atoms with Crippen LogP contribution in [-0.2, 0) is 16.0 Å². The molecule has 0 saturated heterocycles. The van der Waals surface area contributed by atoms with Gasteiger partial charge < -0.3 is 4.74 Å². The van der Waals surface area contributed by atoms with E-state index in [9.17, 15) is 4.79 Å². The number of rotatable bonds is 7. The molecular weight excluding hydrogens is 188 g/mol. The standard InChI is InChI=1S/C13H15O2/c14-12-15-11-7-2-1-4-8-13-9-5-3-6-10-13/h1-3,5-6,9-10H,4,7-8,11H2. The molecule has 0 amide bonds. The second-order valence-electron chi connectivity index (χ2n) is 3.22. The predicted octanol–water partition coefficient (Wildman–Crippen LogP) is 2.65. The summed E-state index contributed by atoms with van der Waals surface area (Å²) in [4.78, 5) is 9.71. The van der Waals surface area contributed by atoms with Crippen LogP contribution in [0.25, 0.3) is 0 Å². The molecule has 0 aliphatic rings. The fourth-order valence-corrected chi connectivity index (χ4v) is 1.30. The lowest BCUT2D eigenvalue weighted by atomic mass is 10.1. The largest absolute Gasteiger partial charge is 0.457 e. The van der Waals surface area contributed by atoms with Crippen molar-refractivity contribution in [1.82, 2.24) is 0 Å². The van der Waals surface area contributed by atoms with Gasteiger partial charge in [0.2, 0.25) is 0 Å². The van der Waals surface area contributed by atoms with E-state index in [1.54, 1.807) is 0 Å². The first-order valence-electron chi connectivity index (χ1n) is 5.11. The van der Waals surface area contributed by atoms with E-state index in [2.05, 4.69) is 22.9 Å². The molecule has 0 bridgehead atoms. The number of hydrogen-bond acceptors (Lipinski definition) is 2. The van der Waals surface area contributed by atoms with E-state index in [1.165, 1.54) is 12.0 Å². The summed E-state index contributed by atoms with van der Waals surface area (Å²) >= 11 is 0. The molecule has 0 fully saturated rings. The minimum absolute atomic E-state index is 0.422. The van der Waals surface area contributed by atoms with Gasteiger partial charge in [-0.05, 0) is 24.8 Å². The third kappa shape index (κ3) is 5.68. The summed E-state index contributed by atoms with van der Waals surface area (Å²) in [5.41, 5.74) is 1.35. The van der Waals surface area contributed by atoms with Gasteiger partial charge in [-0.15, -0.1) is 0 Å². The zero-order valence-corrected chi connectivity index (χ0v) is 8.69. The van der Waals surface area contributed by atoms with Gasteiger partial charge in [0.1, 0.15) is 0 Å². The average molecular weight is 203 g/mol. The van der Waals surface area contributed by atoms with Gasteiger partial charge in [-0.1, -0.05) is 42.5 Å². The van der Waals surface area contributed by atoms with Crippen LogP contribution in [0, 0.1) is 0 Å². The van der Waals surface area contributed by atoms with E-state index in [0.29, 0.717) is 6.61 Å². The van der Waals surface area contributed by atoms with Crippen molar-refractivity contribution in [3.05, 3.63) is 48.0 Å². The molecule has 1 aromatic carbocycles. The summed E-state index contributed by atoms with van der Waals surface area (Å²) in [6, 6.07) is 10.4. The highest BCUT2D eigenvalue weighted by Crippen LogP contribution is 2.02. The van der Waals surface area contributed by atoms with Crippen molar-refractivity contribution >= 4 is 6.47 Å².